The van der Waals surface area contributed by atoms with Gasteiger partial charge in [0.05, 0.1) is 38.7 Å². The van der Waals surface area contributed by atoms with Gasteiger partial charge in [0.1, 0.15) is 24.9 Å². The number of aryl methyl sites for hydroxylation is 1. The number of nitrogens with one attached hydrogen (secondary N) is 1. The molecule has 1 aliphatic rings. The van der Waals surface area contributed by atoms with Crippen LogP contribution in [-0.4, -0.2) is 104 Å². The standard InChI is InChI=1S/C33H52N4O10P2/c1-10-45-49(9,40)22-27(43-21-26-14-12-11-13-15-26)28-29(47-48(44-17-16-34-7)37(23(2)3)24(4)5)30(42-19-18-41-8)32(46-28)36-20-25(6)31(38)35-33(36)39/h11-15,20,23-24,27-30,32H,10,16-19,21-22H2,1-6,8-9H3,(H,35,38,39)/t27-,28-,29-,30-,32-,48?,49?/m1/s1. The molecule has 16 heteroatoms. The first-order valence-corrected chi connectivity index (χ1v) is 19.9. The lowest BCUT2D eigenvalue weighted by atomic mass is 10.1. The van der Waals surface area contributed by atoms with Gasteiger partial charge in [0.2, 0.25) is 13.9 Å². The fourth-order valence-electron chi connectivity index (χ4n) is 5.60. The van der Waals surface area contributed by atoms with Crippen LogP contribution < -0.4 is 11.2 Å². The summed E-state index contributed by atoms with van der Waals surface area (Å²) in [6.45, 7) is 21.4. The SMILES string of the molecule is [C-]#[N+]CCOP(O[C@H]1[C@@H](OCCOC)[C@H](n2cc(C)c(=O)[nH]c2=O)O[C@@H]1[C@@H](CP(C)(=O)OCC)OCc1ccccc1)N(C(C)C)C(C)C. The third-order valence-electron chi connectivity index (χ3n) is 7.69. The van der Waals surface area contributed by atoms with Crippen LogP contribution in [0.2, 0.25) is 0 Å². The highest BCUT2D eigenvalue weighted by Crippen LogP contribution is 2.52. The molecule has 1 N–H and O–H groups in total. The topological polar surface area (TPSA) is 144 Å². The Morgan fingerprint density at radius 3 is 2.41 bits per heavy atom. The lowest BCUT2D eigenvalue weighted by Crippen LogP contribution is -2.46. The number of aromatic amines is 1. The minimum absolute atomic E-state index is 0.00751. The molecule has 274 valence electrons. The molecule has 0 bridgehead atoms. The molecule has 3 rings (SSSR count). The van der Waals surface area contributed by atoms with Crippen LogP contribution in [0.5, 0.6) is 0 Å². The molecule has 0 spiro atoms. The third-order valence-corrected chi connectivity index (χ3v) is 11.6. The highest BCUT2D eigenvalue weighted by Gasteiger charge is 2.54. The minimum Gasteiger partial charge on any atom is -0.382 e. The van der Waals surface area contributed by atoms with Crippen molar-refractivity contribution in [3.63, 3.8) is 0 Å². The maximum atomic E-state index is 13.8. The second-order valence-electron chi connectivity index (χ2n) is 12.3. The lowest BCUT2D eigenvalue weighted by Gasteiger charge is -2.39. The van der Waals surface area contributed by atoms with Crippen molar-refractivity contribution >= 4 is 15.9 Å². The molecule has 1 saturated heterocycles. The maximum Gasteiger partial charge on any atom is 0.330 e. The highest BCUT2D eigenvalue weighted by molar-refractivity contribution is 7.58. The summed E-state index contributed by atoms with van der Waals surface area (Å²) in [5, 5.41) is 0. The second kappa shape index (κ2) is 19.9. The average molecular weight is 727 g/mol. The molecule has 1 aromatic heterocycles. The van der Waals surface area contributed by atoms with Crippen LogP contribution >= 0.6 is 15.9 Å². The molecule has 0 aliphatic carbocycles. The smallest absolute Gasteiger partial charge is 0.330 e. The molecule has 2 unspecified atom stereocenters. The molecule has 0 amide bonds. The van der Waals surface area contributed by atoms with Crippen LogP contribution in [0.25, 0.3) is 4.85 Å². The van der Waals surface area contributed by atoms with Gasteiger partial charge in [-0.1, -0.05) is 30.3 Å². The van der Waals surface area contributed by atoms with Crippen molar-refractivity contribution < 1.29 is 37.1 Å². The monoisotopic (exact) mass is 726 g/mol. The molecule has 14 nitrogen and oxygen atoms in total. The lowest BCUT2D eigenvalue weighted by molar-refractivity contribution is -0.107. The van der Waals surface area contributed by atoms with Gasteiger partial charge in [0.25, 0.3) is 14.1 Å². The fraction of sp³-hybridized carbons (Fsp3) is 0.667. The van der Waals surface area contributed by atoms with Crippen molar-refractivity contribution in [3.05, 3.63) is 79.9 Å². The van der Waals surface area contributed by atoms with E-state index < -0.39 is 57.8 Å². The number of H-pyrrole nitrogens is 1. The molecule has 7 atom stereocenters. The Kier molecular flexibility index (Phi) is 16.8. The van der Waals surface area contributed by atoms with E-state index in [1.54, 1.807) is 27.6 Å². The Morgan fingerprint density at radius 2 is 1.80 bits per heavy atom. The summed E-state index contributed by atoms with van der Waals surface area (Å²) in [4.78, 5) is 31.5. The van der Waals surface area contributed by atoms with Crippen molar-refractivity contribution in [2.75, 3.05) is 52.9 Å². The number of hydrogen-bond acceptors (Lipinski definition) is 11. The molecule has 1 aromatic carbocycles. The maximum absolute atomic E-state index is 13.8. The number of methoxy groups -OCH3 is 1. The van der Waals surface area contributed by atoms with Gasteiger partial charge in [-0.15, -0.1) is 0 Å². The molecular weight excluding hydrogens is 674 g/mol. The molecule has 1 aliphatic heterocycles. The van der Waals surface area contributed by atoms with Crippen molar-refractivity contribution in [2.45, 2.75) is 90.9 Å². The Morgan fingerprint density at radius 1 is 1.10 bits per heavy atom. The second-order valence-corrected chi connectivity index (χ2v) is 16.4. The quantitative estimate of drug-likeness (QED) is 0.106. The van der Waals surface area contributed by atoms with Crippen LogP contribution in [0, 0.1) is 13.5 Å². The van der Waals surface area contributed by atoms with Crippen molar-refractivity contribution in [2.24, 2.45) is 0 Å². The molecule has 2 aromatic rings. The Bertz CT molecular complexity index is 1490. The summed E-state index contributed by atoms with van der Waals surface area (Å²) in [6.07, 6.45) is -3.39. The van der Waals surface area contributed by atoms with Crippen molar-refractivity contribution in [1.82, 2.24) is 14.2 Å². The third kappa shape index (κ3) is 11.9. The summed E-state index contributed by atoms with van der Waals surface area (Å²) in [5.41, 5.74) is -0.0344. The summed E-state index contributed by atoms with van der Waals surface area (Å²) in [6, 6.07) is 9.53. The largest absolute Gasteiger partial charge is 0.382 e. The van der Waals surface area contributed by atoms with Gasteiger partial charge in [-0.2, -0.15) is 0 Å². The number of aromatic nitrogens is 2. The minimum atomic E-state index is -3.22. The van der Waals surface area contributed by atoms with E-state index in [0.29, 0.717) is 5.56 Å². The number of rotatable bonds is 21. The average Bonchev–Trinajstić information content (AvgIpc) is 3.38. The van der Waals surface area contributed by atoms with Crippen LogP contribution in [0.1, 0.15) is 52.0 Å². The van der Waals surface area contributed by atoms with E-state index in [2.05, 4.69) is 14.5 Å². The molecule has 0 saturated carbocycles. The first-order valence-electron chi connectivity index (χ1n) is 16.5. The van der Waals surface area contributed by atoms with Gasteiger partial charge in [-0.25, -0.2) is 16.0 Å². The number of benzene rings is 1. The highest BCUT2D eigenvalue weighted by atomic mass is 31.2. The van der Waals surface area contributed by atoms with Crippen molar-refractivity contribution in [1.29, 1.82) is 0 Å². The number of nitrogens with zero attached hydrogens (tertiary/aromatic N) is 3. The van der Waals surface area contributed by atoms with E-state index in [4.69, 9.17) is 39.1 Å². The summed E-state index contributed by atoms with van der Waals surface area (Å²) >= 11 is 0. The Balaban J connectivity index is 2.21. The molecular formula is C33H52N4O10P2. The predicted octanol–water partition coefficient (Wildman–Crippen LogP) is 4.97. The Labute approximate surface area is 290 Å². The van der Waals surface area contributed by atoms with E-state index in [1.807, 2.05) is 58.0 Å². The molecule has 2 heterocycles. The Hall–Kier alpha value is -2.27. The number of hydrogen-bond donors (Lipinski definition) is 1. The first-order chi connectivity index (χ1) is 23.3. The summed E-state index contributed by atoms with van der Waals surface area (Å²) in [5.74, 6) is 0. The van der Waals surface area contributed by atoms with Gasteiger partial charge in [-0.05, 0) is 47.1 Å². The zero-order valence-corrected chi connectivity index (χ0v) is 31.6. The van der Waals surface area contributed by atoms with Crippen LogP contribution in [-0.2, 0) is 43.7 Å². The van der Waals surface area contributed by atoms with E-state index in [-0.39, 0.29) is 57.8 Å². The van der Waals surface area contributed by atoms with Crippen LogP contribution in [0.15, 0.2) is 46.1 Å². The van der Waals surface area contributed by atoms with Crippen LogP contribution in [0.4, 0.5) is 0 Å². The van der Waals surface area contributed by atoms with Crippen molar-refractivity contribution in [3.8, 4) is 0 Å². The zero-order valence-electron chi connectivity index (χ0n) is 29.8. The van der Waals surface area contributed by atoms with Gasteiger partial charge >= 0.3 is 5.69 Å². The van der Waals surface area contributed by atoms with E-state index in [0.717, 1.165) is 5.56 Å². The molecule has 0 radical (unpaired) electrons. The van der Waals surface area contributed by atoms with Gasteiger partial charge in [0, 0.05) is 37.6 Å². The van der Waals surface area contributed by atoms with Gasteiger partial charge < -0.3 is 37.4 Å². The van der Waals surface area contributed by atoms with E-state index >= 15 is 0 Å². The summed E-state index contributed by atoms with van der Waals surface area (Å²) in [7, 11) is -3.50. The number of ether oxygens (including phenoxy) is 4. The predicted molar refractivity (Wildman–Crippen MR) is 188 cm³/mol. The molecule has 49 heavy (non-hydrogen) atoms. The first kappa shape index (κ1) is 41.2. The zero-order chi connectivity index (χ0) is 36.1. The summed E-state index contributed by atoms with van der Waals surface area (Å²) < 4.78 is 61.0. The van der Waals surface area contributed by atoms with E-state index in [1.165, 1.54) is 10.8 Å². The van der Waals surface area contributed by atoms with E-state index in [9.17, 15) is 14.2 Å². The van der Waals surface area contributed by atoms with Gasteiger partial charge in [-0.3, -0.25) is 18.9 Å². The van der Waals surface area contributed by atoms with Crippen LogP contribution in [0.3, 0.4) is 0 Å². The molecule has 1 fully saturated rings. The normalized spacial score (nSPS) is 22.0. The van der Waals surface area contributed by atoms with Gasteiger partial charge in [0.15, 0.2) is 6.23 Å². The fourth-order valence-corrected chi connectivity index (χ4v) is 8.96.